The third-order valence-corrected chi connectivity index (χ3v) is 7.82. The highest BCUT2D eigenvalue weighted by atomic mass is 16.3. The van der Waals surface area contributed by atoms with Crippen molar-refractivity contribution in [3.63, 3.8) is 0 Å². The van der Waals surface area contributed by atoms with Gasteiger partial charge in [-0.1, -0.05) is 43.2 Å². The Bertz CT molecular complexity index is 1090. The summed E-state index contributed by atoms with van der Waals surface area (Å²) < 4.78 is 1.88. The number of likely N-dealkylation sites (tertiary alicyclic amines) is 1. The van der Waals surface area contributed by atoms with Gasteiger partial charge in [0.15, 0.2) is 0 Å². The molecule has 1 saturated carbocycles. The van der Waals surface area contributed by atoms with Crippen LogP contribution in [0.2, 0.25) is 0 Å². The molecule has 1 aliphatic carbocycles. The van der Waals surface area contributed by atoms with Crippen LogP contribution < -0.4 is 10.9 Å². The summed E-state index contributed by atoms with van der Waals surface area (Å²) in [7, 11) is 0. The van der Waals surface area contributed by atoms with Crippen LogP contribution in [0.3, 0.4) is 0 Å². The highest BCUT2D eigenvalue weighted by molar-refractivity contribution is 5.95. The number of aliphatic hydroxyl groups is 1. The lowest BCUT2D eigenvalue weighted by Gasteiger charge is -2.32. The minimum Gasteiger partial charge on any atom is -0.396 e. The average molecular weight is 448 g/mol. The van der Waals surface area contributed by atoms with Crippen LogP contribution in [-0.2, 0) is 11.3 Å². The maximum Gasteiger partial charge on any atom is 0.258 e. The highest BCUT2D eigenvalue weighted by Crippen LogP contribution is 2.50. The molecule has 1 aromatic carbocycles. The second-order valence-electron chi connectivity index (χ2n) is 9.73. The first-order valence-corrected chi connectivity index (χ1v) is 12.2. The van der Waals surface area contributed by atoms with E-state index in [1.807, 2.05) is 60.0 Å². The van der Waals surface area contributed by atoms with E-state index in [1.165, 1.54) is 25.7 Å². The zero-order valence-corrected chi connectivity index (χ0v) is 19.2. The quantitative estimate of drug-likeness (QED) is 0.709. The molecule has 1 aromatic heterocycles. The van der Waals surface area contributed by atoms with Gasteiger partial charge in [-0.15, -0.1) is 0 Å². The smallest absolute Gasteiger partial charge is 0.258 e. The van der Waals surface area contributed by atoms with Crippen LogP contribution in [-0.4, -0.2) is 39.7 Å². The van der Waals surface area contributed by atoms with E-state index in [4.69, 9.17) is 0 Å². The van der Waals surface area contributed by atoms with Crippen molar-refractivity contribution in [1.82, 2.24) is 9.47 Å². The first-order chi connectivity index (χ1) is 16.1. The molecule has 2 aliphatic heterocycles. The molecule has 2 aromatic rings. The van der Waals surface area contributed by atoms with Gasteiger partial charge in [-0.3, -0.25) is 14.5 Å². The van der Waals surface area contributed by atoms with E-state index in [0.29, 0.717) is 18.0 Å². The lowest BCUT2D eigenvalue weighted by Crippen LogP contribution is -2.47. The molecule has 0 unspecified atom stereocenters. The van der Waals surface area contributed by atoms with E-state index in [9.17, 15) is 14.7 Å². The summed E-state index contributed by atoms with van der Waals surface area (Å²) in [6.45, 7) is 3.22. The topological polar surface area (TPSA) is 74.6 Å². The lowest BCUT2D eigenvalue weighted by atomic mass is 9.88. The van der Waals surface area contributed by atoms with Crippen molar-refractivity contribution >= 4 is 17.7 Å². The molecule has 174 valence electrons. The molecule has 2 fully saturated rings. The number of anilines is 1. The molecule has 5 rings (SSSR count). The Morgan fingerprint density at radius 2 is 1.91 bits per heavy atom. The minimum atomic E-state index is -0.412. The Labute approximate surface area is 194 Å². The summed E-state index contributed by atoms with van der Waals surface area (Å²) in [6, 6.07) is 13.0. The molecule has 33 heavy (non-hydrogen) atoms. The molecule has 3 aliphatic rings. The maximum absolute atomic E-state index is 13.6. The van der Waals surface area contributed by atoms with Crippen molar-refractivity contribution in [3.05, 3.63) is 70.2 Å². The van der Waals surface area contributed by atoms with Crippen LogP contribution in [0, 0.1) is 17.8 Å². The van der Waals surface area contributed by atoms with Crippen molar-refractivity contribution in [2.45, 2.75) is 51.2 Å². The second kappa shape index (κ2) is 9.27. The Hall–Kier alpha value is -2.70. The average Bonchev–Trinajstić information content (AvgIpc) is 3.53. The van der Waals surface area contributed by atoms with E-state index in [-0.39, 0.29) is 36.0 Å². The van der Waals surface area contributed by atoms with Crippen LogP contribution in [0.1, 0.15) is 49.9 Å². The summed E-state index contributed by atoms with van der Waals surface area (Å²) in [4.78, 5) is 29.0. The molecule has 0 radical (unpaired) electrons. The van der Waals surface area contributed by atoms with Crippen LogP contribution in [0.5, 0.6) is 0 Å². The summed E-state index contributed by atoms with van der Waals surface area (Å²) in [6.07, 6.45) is 8.56. The largest absolute Gasteiger partial charge is 0.396 e. The minimum absolute atomic E-state index is 0.0165. The van der Waals surface area contributed by atoms with Gasteiger partial charge in [0.25, 0.3) is 5.56 Å². The number of amides is 1. The molecule has 0 spiro atoms. The van der Waals surface area contributed by atoms with Crippen molar-refractivity contribution in [2.24, 2.45) is 17.8 Å². The second-order valence-corrected chi connectivity index (χ2v) is 9.73. The van der Waals surface area contributed by atoms with Crippen LogP contribution in [0.15, 0.2) is 53.3 Å². The van der Waals surface area contributed by atoms with Gasteiger partial charge in [0.2, 0.25) is 5.91 Å². The van der Waals surface area contributed by atoms with Gasteiger partial charge in [-0.05, 0) is 49.9 Å². The van der Waals surface area contributed by atoms with Gasteiger partial charge in [-0.2, -0.15) is 0 Å². The number of hydrogen-bond acceptors (Lipinski definition) is 4. The summed E-state index contributed by atoms with van der Waals surface area (Å²) >= 11 is 0. The molecule has 1 amide bonds. The van der Waals surface area contributed by atoms with Crippen molar-refractivity contribution < 1.29 is 9.90 Å². The number of aliphatic hydroxyl groups excluding tert-OH is 1. The summed E-state index contributed by atoms with van der Waals surface area (Å²) in [5, 5.41) is 13.5. The highest BCUT2D eigenvalue weighted by Gasteiger charge is 2.55. The molecular formula is C27H33N3O3. The molecule has 6 heteroatoms. The summed E-state index contributed by atoms with van der Waals surface area (Å²) in [5.41, 5.74) is 2.44. The van der Waals surface area contributed by atoms with Gasteiger partial charge in [0, 0.05) is 48.5 Å². The van der Waals surface area contributed by atoms with Crippen molar-refractivity contribution in [3.8, 4) is 0 Å². The van der Waals surface area contributed by atoms with E-state index >= 15 is 0 Å². The van der Waals surface area contributed by atoms with E-state index < -0.39 is 6.04 Å². The lowest BCUT2D eigenvalue weighted by molar-refractivity contribution is -0.122. The fourth-order valence-corrected chi connectivity index (χ4v) is 6.37. The van der Waals surface area contributed by atoms with E-state index in [2.05, 4.69) is 16.3 Å². The van der Waals surface area contributed by atoms with Crippen LogP contribution in [0.4, 0.5) is 5.69 Å². The Morgan fingerprint density at radius 3 is 2.61 bits per heavy atom. The van der Waals surface area contributed by atoms with E-state index in [0.717, 1.165) is 17.9 Å². The predicted molar refractivity (Wildman–Crippen MR) is 130 cm³/mol. The number of carbonyl (C=O) groups is 1. The normalized spacial score (nSPS) is 27.2. The van der Waals surface area contributed by atoms with Crippen molar-refractivity contribution in [2.75, 3.05) is 18.5 Å². The first kappa shape index (κ1) is 22.1. The Balaban J connectivity index is 1.52. The number of rotatable bonds is 6. The number of benzene rings is 1. The molecule has 2 N–H and O–H groups in total. The van der Waals surface area contributed by atoms with Gasteiger partial charge in [0.1, 0.15) is 0 Å². The number of pyridine rings is 1. The Morgan fingerprint density at radius 1 is 1.15 bits per heavy atom. The molecular weight excluding hydrogens is 414 g/mol. The Kier molecular flexibility index (Phi) is 6.21. The number of nitrogens with one attached hydrogen (secondary N) is 1. The molecule has 0 bridgehead atoms. The monoisotopic (exact) mass is 447 g/mol. The third-order valence-electron chi connectivity index (χ3n) is 7.82. The fraction of sp³-hybridized carbons (Fsp3) is 0.481. The molecule has 6 nitrogen and oxygen atoms in total. The van der Waals surface area contributed by atoms with Gasteiger partial charge >= 0.3 is 0 Å². The molecule has 3 heterocycles. The zero-order valence-electron chi connectivity index (χ0n) is 19.2. The fourth-order valence-electron chi connectivity index (χ4n) is 6.37. The van der Waals surface area contributed by atoms with Gasteiger partial charge < -0.3 is 15.0 Å². The SMILES string of the molecule is C/C=C\c1ccc2n(c1=O)C[C@@H]1[C@@H](CO)[C@H](C(=O)Nc3ccccc3)N(CC3CCCC3)[C@H]21. The first-order valence-electron chi connectivity index (χ1n) is 12.2. The molecule has 4 atom stereocenters. The number of nitrogens with zero attached hydrogens (tertiary/aromatic N) is 2. The number of fused-ring (bicyclic) bond motifs is 3. The predicted octanol–water partition coefficient (Wildman–Crippen LogP) is 3.67. The van der Waals surface area contributed by atoms with Gasteiger partial charge in [-0.25, -0.2) is 0 Å². The van der Waals surface area contributed by atoms with Crippen LogP contribution in [0.25, 0.3) is 6.08 Å². The standard InChI is InChI=1S/C27H33N3O3/c1-2-8-19-13-14-23-24-21(16-29(23)27(19)33)22(17-31)25(30(24)15-18-9-6-7-10-18)26(32)28-20-11-4-3-5-12-20/h2-5,8,11-14,18,21-22,24-25,31H,6-7,9-10,15-17H2,1H3,(H,28,32)/b8-2-/t21-,22-,24+,25-/m1/s1. The number of allylic oxidation sites excluding steroid dienone is 1. The maximum atomic E-state index is 13.6. The summed E-state index contributed by atoms with van der Waals surface area (Å²) in [5.74, 6) is 0.311. The number of carbonyl (C=O) groups excluding carboxylic acids is 1. The van der Waals surface area contributed by atoms with Crippen LogP contribution >= 0.6 is 0 Å². The number of hydrogen-bond donors (Lipinski definition) is 2. The number of aromatic nitrogens is 1. The van der Waals surface area contributed by atoms with E-state index in [1.54, 1.807) is 0 Å². The van der Waals surface area contributed by atoms with Crippen molar-refractivity contribution in [1.29, 1.82) is 0 Å². The molecule has 1 saturated heterocycles. The zero-order chi connectivity index (χ0) is 22.9. The van der Waals surface area contributed by atoms with Gasteiger partial charge in [0.05, 0.1) is 12.1 Å². The third kappa shape index (κ3) is 3.96. The number of para-hydroxylation sites is 1.